The second-order valence-electron chi connectivity index (χ2n) is 5.25. The second-order valence-corrected chi connectivity index (χ2v) is 5.25. The number of aryl methyl sites for hydroxylation is 1. The largest absolute Gasteiger partial charge is 0.369 e. The van der Waals surface area contributed by atoms with E-state index in [1.165, 1.54) is 0 Å². The van der Waals surface area contributed by atoms with Gasteiger partial charge in [-0.1, -0.05) is 20.3 Å². The van der Waals surface area contributed by atoms with Crippen LogP contribution in [0.4, 0.5) is 0 Å². The summed E-state index contributed by atoms with van der Waals surface area (Å²) in [5.74, 6) is -0.321. The van der Waals surface area contributed by atoms with Crippen LogP contribution in [0.15, 0.2) is 12.4 Å². The maximum Gasteiger partial charge on any atom is 0.231 e. The highest BCUT2D eigenvalue weighted by Crippen LogP contribution is 2.25. The lowest BCUT2D eigenvalue weighted by Crippen LogP contribution is -2.44. The van der Waals surface area contributed by atoms with Crippen LogP contribution in [0.25, 0.3) is 0 Å². The van der Waals surface area contributed by atoms with E-state index in [2.05, 4.69) is 23.8 Å². The maximum absolute atomic E-state index is 11.3. The molecule has 20 heavy (non-hydrogen) atoms. The molecule has 0 bridgehead atoms. The lowest BCUT2D eigenvalue weighted by Gasteiger charge is -2.34. The molecule has 2 atom stereocenters. The van der Waals surface area contributed by atoms with E-state index in [9.17, 15) is 4.79 Å². The molecule has 0 saturated heterocycles. The van der Waals surface area contributed by atoms with Gasteiger partial charge in [-0.2, -0.15) is 5.10 Å². The topological polar surface area (TPSA) is 90.2 Å². The van der Waals surface area contributed by atoms with Crippen molar-refractivity contribution in [3.63, 3.8) is 0 Å². The van der Waals surface area contributed by atoms with Gasteiger partial charge in [0, 0.05) is 24.8 Å². The Hall–Kier alpha value is -1.40. The van der Waals surface area contributed by atoms with E-state index >= 15 is 0 Å². The molecule has 0 aliphatic heterocycles. The SMILES string of the molecule is CCCCN(CC(N)=O)C(c1cnn(C)c1)C(N)CC. The Morgan fingerprint density at radius 1 is 1.50 bits per heavy atom. The van der Waals surface area contributed by atoms with E-state index in [0.29, 0.717) is 0 Å². The normalized spacial score (nSPS) is 14.4. The summed E-state index contributed by atoms with van der Waals surface area (Å²) in [5.41, 5.74) is 12.7. The number of carbonyl (C=O) groups excluding carboxylic acids is 1. The van der Waals surface area contributed by atoms with Crippen LogP contribution in [-0.2, 0) is 11.8 Å². The Morgan fingerprint density at radius 2 is 2.20 bits per heavy atom. The molecule has 1 aromatic heterocycles. The number of hydrogen-bond acceptors (Lipinski definition) is 4. The first-order chi connectivity index (χ1) is 9.49. The van der Waals surface area contributed by atoms with Crippen molar-refractivity contribution in [3.8, 4) is 0 Å². The molecule has 4 N–H and O–H groups in total. The van der Waals surface area contributed by atoms with E-state index < -0.39 is 0 Å². The van der Waals surface area contributed by atoms with Crippen LogP contribution in [-0.4, -0.2) is 39.7 Å². The summed E-state index contributed by atoms with van der Waals surface area (Å²) < 4.78 is 1.76. The van der Waals surface area contributed by atoms with Crippen LogP contribution in [0, 0.1) is 0 Å². The van der Waals surface area contributed by atoms with Crippen LogP contribution >= 0.6 is 0 Å². The molecule has 114 valence electrons. The number of hydrogen-bond donors (Lipinski definition) is 2. The Kier molecular flexibility index (Phi) is 6.67. The smallest absolute Gasteiger partial charge is 0.231 e. The average molecular weight is 281 g/mol. The van der Waals surface area contributed by atoms with Crippen LogP contribution in [0.2, 0.25) is 0 Å². The zero-order valence-electron chi connectivity index (χ0n) is 12.7. The van der Waals surface area contributed by atoms with Gasteiger partial charge in [-0.15, -0.1) is 0 Å². The second kappa shape index (κ2) is 8.01. The highest BCUT2D eigenvalue weighted by molar-refractivity contribution is 5.76. The Labute approximate surface area is 121 Å². The molecule has 0 saturated carbocycles. The summed E-state index contributed by atoms with van der Waals surface area (Å²) in [6, 6.07) is -0.0665. The minimum Gasteiger partial charge on any atom is -0.369 e. The maximum atomic E-state index is 11.3. The number of nitrogens with zero attached hydrogens (tertiary/aromatic N) is 3. The van der Waals surface area contributed by atoms with Crippen LogP contribution in [0.1, 0.15) is 44.7 Å². The molecule has 0 aliphatic carbocycles. The number of aromatic nitrogens is 2. The highest BCUT2D eigenvalue weighted by Gasteiger charge is 2.27. The zero-order valence-corrected chi connectivity index (χ0v) is 12.7. The first-order valence-corrected chi connectivity index (χ1v) is 7.26. The predicted molar refractivity (Wildman–Crippen MR) is 79.9 cm³/mol. The zero-order chi connectivity index (χ0) is 15.1. The summed E-state index contributed by atoms with van der Waals surface area (Å²) in [4.78, 5) is 13.4. The lowest BCUT2D eigenvalue weighted by atomic mass is 9.98. The molecule has 1 rings (SSSR count). The van der Waals surface area contributed by atoms with Crippen LogP contribution < -0.4 is 11.5 Å². The molecule has 0 aliphatic rings. The van der Waals surface area contributed by atoms with E-state index in [1.54, 1.807) is 4.68 Å². The minimum atomic E-state index is -0.321. The van der Waals surface area contributed by atoms with E-state index in [1.807, 2.05) is 19.4 Å². The van der Waals surface area contributed by atoms with Gasteiger partial charge < -0.3 is 11.5 Å². The molecule has 1 heterocycles. The fraction of sp³-hybridized carbons (Fsp3) is 0.714. The highest BCUT2D eigenvalue weighted by atomic mass is 16.1. The molecule has 0 aromatic carbocycles. The Morgan fingerprint density at radius 3 is 2.65 bits per heavy atom. The third-order valence-electron chi connectivity index (χ3n) is 3.49. The van der Waals surface area contributed by atoms with Gasteiger partial charge >= 0.3 is 0 Å². The number of amides is 1. The number of rotatable bonds is 9. The molecular weight excluding hydrogens is 254 g/mol. The predicted octanol–water partition coefficient (Wildman–Crippen LogP) is 0.786. The first kappa shape index (κ1) is 16.7. The van der Waals surface area contributed by atoms with Crippen molar-refractivity contribution in [2.24, 2.45) is 18.5 Å². The van der Waals surface area contributed by atoms with Crippen molar-refractivity contribution in [2.45, 2.75) is 45.2 Å². The van der Waals surface area contributed by atoms with Crippen LogP contribution in [0.5, 0.6) is 0 Å². The minimum absolute atomic E-state index is 0.0206. The summed E-state index contributed by atoms with van der Waals surface area (Å²) in [6.45, 7) is 5.22. The number of nitrogens with two attached hydrogens (primary N) is 2. The van der Waals surface area contributed by atoms with E-state index in [-0.39, 0.29) is 24.5 Å². The van der Waals surface area contributed by atoms with Crippen molar-refractivity contribution in [3.05, 3.63) is 18.0 Å². The standard InChI is InChI=1S/C14H27N5O/c1-4-6-7-19(10-13(16)20)14(12(15)5-2)11-8-17-18(3)9-11/h8-9,12,14H,4-7,10,15H2,1-3H3,(H2,16,20). The van der Waals surface area contributed by atoms with Gasteiger partial charge in [0.15, 0.2) is 0 Å². The molecule has 6 heteroatoms. The molecule has 1 aromatic rings. The third kappa shape index (κ3) is 4.61. The Bertz CT molecular complexity index is 417. The first-order valence-electron chi connectivity index (χ1n) is 7.26. The monoisotopic (exact) mass is 281 g/mol. The fourth-order valence-corrected chi connectivity index (χ4v) is 2.42. The van der Waals surface area contributed by atoms with Gasteiger partial charge in [0.05, 0.1) is 18.8 Å². The third-order valence-corrected chi connectivity index (χ3v) is 3.49. The Balaban J connectivity index is 2.99. The lowest BCUT2D eigenvalue weighted by molar-refractivity contribution is -0.119. The molecule has 0 radical (unpaired) electrons. The molecule has 6 nitrogen and oxygen atoms in total. The van der Waals surface area contributed by atoms with Gasteiger partial charge in [0.1, 0.15) is 0 Å². The molecule has 0 spiro atoms. The average Bonchev–Trinajstić information content (AvgIpc) is 2.81. The van der Waals surface area contributed by atoms with E-state index in [4.69, 9.17) is 11.5 Å². The quantitative estimate of drug-likeness (QED) is 0.700. The van der Waals surface area contributed by atoms with Crippen molar-refractivity contribution in [1.82, 2.24) is 14.7 Å². The molecule has 0 fully saturated rings. The summed E-state index contributed by atoms with van der Waals surface area (Å²) >= 11 is 0. The number of unbranched alkanes of at least 4 members (excludes halogenated alkanes) is 1. The molecule has 1 amide bonds. The summed E-state index contributed by atoms with van der Waals surface area (Å²) in [5, 5.41) is 4.21. The summed E-state index contributed by atoms with van der Waals surface area (Å²) in [6.07, 6.45) is 6.69. The molecule has 2 unspecified atom stereocenters. The van der Waals surface area contributed by atoms with Gasteiger partial charge in [0.2, 0.25) is 5.91 Å². The summed E-state index contributed by atoms with van der Waals surface area (Å²) in [7, 11) is 1.88. The number of primary amides is 1. The van der Waals surface area contributed by atoms with Gasteiger partial charge in [0.25, 0.3) is 0 Å². The van der Waals surface area contributed by atoms with Crippen molar-refractivity contribution < 1.29 is 4.79 Å². The van der Waals surface area contributed by atoms with Crippen molar-refractivity contribution in [1.29, 1.82) is 0 Å². The van der Waals surface area contributed by atoms with Crippen molar-refractivity contribution in [2.75, 3.05) is 13.1 Å². The molecular formula is C14H27N5O. The number of carbonyl (C=O) groups is 1. The van der Waals surface area contributed by atoms with Crippen molar-refractivity contribution >= 4 is 5.91 Å². The fourth-order valence-electron chi connectivity index (χ4n) is 2.42. The van der Waals surface area contributed by atoms with E-state index in [0.717, 1.165) is 31.4 Å². The van der Waals surface area contributed by atoms with Gasteiger partial charge in [-0.3, -0.25) is 14.4 Å². The van der Waals surface area contributed by atoms with Gasteiger partial charge in [-0.05, 0) is 19.4 Å². The van der Waals surface area contributed by atoms with Gasteiger partial charge in [-0.25, -0.2) is 0 Å². The van der Waals surface area contributed by atoms with Crippen LogP contribution in [0.3, 0.4) is 0 Å².